The molecule has 1 heteroatoms. The van der Waals surface area contributed by atoms with Gasteiger partial charge in [0.1, 0.15) is 0 Å². The fourth-order valence-corrected chi connectivity index (χ4v) is 0.604. The molecule has 0 aliphatic heterocycles. The van der Waals surface area contributed by atoms with Crippen LogP contribution in [0.4, 0.5) is 0 Å². The van der Waals surface area contributed by atoms with Gasteiger partial charge in [0, 0.05) is 12.8 Å². The number of hydrogen-bond donors (Lipinski definition) is 0. The average molecular weight is 164 g/mol. The fraction of sp³-hybridized carbons (Fsp3) is 0.455. The Morgan fingerprint density at radius 3 is 2.92 bits per heavy atom. The number of rotatable bonds is 5. The van der Waals surface area contributed by atoms with Crippen molar-refractivity contribution in [3.8, 4) is 11.8 Å². The molecular formula is C11H16O. The molecule has 0 spiro atoms. The number of hydrogen-bond acceptors (Lipinski definition) is 1. The van der Waals surface area contributed by atoms with Gasteiger partial charge < -0.3 is 4.74 Å². The van der Waals surface area contributed by atoms with Crippen LogP contribution >= 0.6 is 0 Å². The van der Waals surface area contributed by atoms with E-state index in [1.807, 2.05) is 19.1 Å². The Morgan fingerprint density at radius 2 is 2.25 bits per heavy atom. The van der Waals surface area contributed by atoms with Crippen LogP contribution in [0.25, 0.3) is 0 Å². The molecule has 0 saturated heterocycles. The highest BCUT2D eigenvalue weighted by Gasteiger charge is 1.79. The molecule has 0 aromatic rings. The first kappa shape index (κ1) is 11.0. The van der Waals surface area contributed by atoms with E-state index in [0.29, 0.717) is 13.2 Å². The molecule has 0 aliphatic rings. The van der Waals surface area contributed by atoms with Crippen molar-refractivity contribution in [1.29, 1.82) is 0 Å². The predicted octanol–water partition coefficient (Wildman–Crippen LogP) is 2.55. The second-order valence-electron chi connectivity index (χ2n) is 2.24. The van der Waals surface area contributed by atoms with Crippen LogP contribution in [0.1, 0.15) is 19.8 Å². The molecule has 0 fully saturated rings. The highest BCUT2D eigenvalue weighted by molar-refractivity contribution is 5.02. The molecule has 0 amide bonds. The first-order chi connectivity index (χ1) is 5.91. The summed E-state index contributed by atoms with van der Waals surface area (Å²) in [7, 11) is 0. The lowest BCUT2D eigenvalue weighted by atomic mass is 10.4. The van der Waals surface area contributed by atoms with Crippen molar-refractivity contribution in [2.75, 3.05) is 13.2 Å². The van der Waals surface area contributed by atoms with Crippen molar-refractivity contribution < 1.29 is 4.74 Å². The summed E-state index contributed by atoms with van der Waals surface area (Å²) >= 11 is 0. The molecule has 0 unspecified atom stereocenters. The van der Waals surface area contributed by atoms with E-state index in [2.05, 4.69) is 18.4 Å². The van der Waals surface area contributed by atoms with E-state index >= 15 is 0 Å². The predicted molar refractivity (Wildman–Crippen MR) is 52.8 cm³/mol. The van der Waals surface area contributed by atoms with E-state index in [1.54, 1.807) is 6.08 Å². The second kappa shape index (κ2) is 10.0. The largest absolute Gasteiger partial charge is 0.376 e. The first-order valence-corrected chi connectivity index (χ1v) is 4.17. The normalized spacial score (nSPS) is 9.42. The molecule has 0 N–H and O–H groups in total. The SMILES string of the molecule is C=CCC#CCCOC/C=C/C. The lowest BCUT2D eigenvalue weighted by Gasteiger charge is -1.94. The monoisotopic (exact) mass is 164 g/mol. The lowest BCUT2D eigenvalue weighted by molar-refractivity contribution is 0.169. The second-order valence-corrected chi connectivity index (χ2v) is 2.24. The van der Waals surface area contributed by atoms with Crippen LogP contribution in [-0.2, 0) is 4.74 Å². The zero-order valence-corrected chi connectivity index (χ0v) is 7.68. The zero-order chi connectivity index (χ0) is 9.07. The standard InChI is InChI=1S/C11H16O/c1-3-5-7-8-9-11-12-10-6-4-2/h3-4,6H,1,5,9-11H2,2H3/b6-4+. The number of ether oxygens (including phenoxy) is 1. The molecule has 0 aromatic carbocycles. The Hall–Kier alpha value is -1.00. The van der Waals surface area contributed by atoms with Crippen molar-refractivity contribution in [2.24, 2.45) is 0 Å². The van der Waals surface area contributed by atoms with Gasteiger partial charge in [-0.1, -0.05) is 24.1 Å². The molecule has 0 aromatic heterocycles. The van der Waals surface area contributed by atoms with Crippen LogP contribution < -0.4 is 0 Å². The van der Waals surface area contributed by atoms with E-state index in [9.17, 15) is 0 Å². The van der Waals surface area contributed by atoms with E-state index in [4.69, 9.17) is 4.74 Å². The van der Waals surface area contributed by atoms with E-state index < -0.39 is 0 Å². The molecule has 0 aliphatic carbocycles. The van der Waals surface area contributed by atoms with E-state index in [0.717, 1.165) is 12.8 Å². The van der Waals surface area contributed by atoms with Crippen molar-refractivity contribution in [2.45, 2.75) is 19.8 Å². The quantitative estimate of drug-likeness (QED) is 0.345. The lowest BCUT2D eigenvalue weighted by Crippen LogP contribution is -1.92. The fourth-order valence-electron chi connectivity index (χ4n) is 0.604. The minimum absolute atomic E-state index is 0.694. The van der Waals surface area contributed by atoms with Crippen LogP contribution in [0.15, 0.2) is 24.8 Å². The minimum atomic E-state index is 0.694. The smallest absolute Gasteiger partial charge is 0.0647 e. The Balaban J connectivity index is 3.11. The molecule has 0 bridgehead atoms. The summed E-state index contributed by atoms with van der Waals surface area (Å²) < 4.78 is 5.24. The zero-order valence-electron chi connectivity index (χ0n) is 7.68. The van der Waals surface area contributed by atoms with Gasteiger partial charge in [0.2, 0.25) is 0 Å². The first-order valence-electron chi connectivity index (χ1n) is 4.17. The van der Waals surface area contributed by atoms with Gasteiger partial charge in [-0.25, -0.2) is 0 Å². The summed E-state index contributed by atoms with van der Waals surface area (Å²) in [5.41, 5.74) is 0. The average Bonchev–Trinajstić information content (AvgIpc) is 2.10. The van der Waals surface area contributed by atoms with Crippen molar-refractivity contribution in [1.82, 2.24) is 0 Å². The van der Waals surface area contributed by atoms with E-state index in [1.165, 1.54) is 0 Å². The minimum Gasteiger partial charge on any atom is -0.376 e. The highest BCUT2D eigenvalue weighted by atomic mass is 16.5. The van der Waals surface area contributed by atoms with Gasteiger partial charge in [-0.2, -0.15) is 0 Å². The van der Waals surface area contributed by atoms with E-state index in [-0.39, 0.29) is 0 Å². The maximum absolute atomic E-state index is 5.24. The molecule has 1 nitrogen and oxygen atoms in total. The van der Waals surface area contributed by atoms with Crippen LogP contribution in [-0.4, -0.2) is 13.2 Å². The van der Waals surface area contributed by atoms with Gasteiger partial charge in [0.15, 0.2) is 0 Å². The molecule has 0 heterocycles. The summed E-state index contributed by atoms with van der Waals surface area (Å²) in [6, 6.07) is 0. The van der Waals surface area contributed by atoms with Crippen molar-refractivity contribution in [3.05, 3.63) is 24.8 Å². The van der Waals surface area contributed by atoms with Gasteiger partial charge >= 0.3 is 0 Å². The summed E-state index contributed by atoms with van der Waals surface area (Å²) in [5, 5.41) is 0. The van der Waals surface area contributed by atoms with Crippen molar-refractivity contribution >= 4 is 0 Å². The van der Waals surface area contributed by atoms with Gasteiger partial charge in [-0.15, -0.1) is 12.5 Å². The summed E-state index contributed by atoms with van der Waals surface area (Å²) in [4.78, 5) is 0. The maximum atomic E-state index is 5.24. The number of allylic oxidation sites excluding steroid dienone is 2. The Kier molecular flexibility index (Phi) is 9.17. The summed E-state index contributed by atoms with van der Waals surface area (Å²) in [6.07, 6.45) is 7.34. The maximum Gasteiger partial charge on any atom is 0.0647 e. The molecule has 0 radical (unpaired) electrons. The van der Waals surface area contributed by atoms with Crippen LogP contribution in [0.5, 0.6) is 0 Å². The molecule has 12 heavy (non-hydrogen) atoms. The van der Waals surface area contributed by atoms with Crippen molar-refractivity contribution in [3.63, 3.8) is 0 Å². The van der Waals surface area contributed by atoms with Gasteiger partial charge in [0.05, 0.1) is 13.2 Å². The highest BCUT2D eigenvalue weighted by Crippen LogP contribution is 1.82. The van der Waals surface area contributed by atoms with Crippen LogP contribution in [0.3, 0.4) is 0 Å². The van der Waals surface area contributed by atoms with Crippen LogP contribution in [0.2, 0.25) is 0 Å². The topological polar surface area (TPSA) is 9.23 Å². The molecule has 0 saturated carbocycles. The summed E-state index contributed by atoms with van der Waals surface area (Å²) in [5.74, 6) is 5.95. The Morgan fingerprint density at radius 1 is 1.42 bits per heavy atom. The third kappa shape index (κ3) is 9.00. The third-order valence-corrected chi connectivity index (χ3v) is 1.19. The van der Waals surface area contributed by atoms with Crippen LogP contribution in [0, 0.1) is 11.8 Å². The van der Waals surface area contributed by atoms with Gasteiger partial charge in [-0.3, -0.25) is 0 Å². The van der Waals surface area contributed by atoms with Gasteiger partial charge in [0.25, 0.3) is 0 Å². The molecular weight excluding hydrogens is 148 g/mol. The molecule has 0 rings (SSSR count). The Labute approximate surface area is 75.1 Å². The Bertz CT molecular complexity index is 181. The third-order valence-electron chi connectivity index (χ3n) is 1.19. The van der Waals surface area contributed by atoms with Gasteiger partial charge in [-0.05, 0) is 6.92 Å². The summed E-state index contributed by atoms with van der Waals surface area (Å²) in [6.45, 7) is 6.97. The molecule has 0 atom stereocenters. The molecule has 66 valence electrons.